The summed E-state index contributed by atoms with van der Waals surface area (Å²) in [4.78, 5) is 11.6. The average Bonchev–Trinajstić information content (AvgIpc) is 2.39. The second kappa shape index (κ2) is 8.70. The number of unbranched alkanes of at least 4 members (excludes halogenated alkanes) is 1. The number of ether oxygens (including phenoxy) is 1. The molecule has 3 nitrogen and oxygen atoms in total. The average molecular weight is 249 g/mol. The monoisotopic (exact) mass is 249 g/mol. The van der Waals surface area contributed by atoms with Gasteiger partial charge in [0.2, 0.25) is 0 Å². The van der Waals surface area contributed by atoms with Gasteiger partial charge in [-0.3, -0.25) is 4.79 Å². The van der Waals surface area contributed by atoms with Crippen molar-refractivity contribution >= 4 is 5.97 Å². The van der Waals surface area contributed by atoms with Crippen molar-refractivity contribution in [3.63, 3.8) is 0 Å². The summed E-state index contributed by atoms with van der Waals surface area (Å²) in [5.74, 6) is 0.135. The summed E-state index contributed by atoms with van der Waals surface area (Å²) in [7, 11) is 0. The lowest BCUT2D eigenvalue weighted by molar-refractivity contribution is -0.143. The van der Waals surface area contributed by atoms with Gasteiger partial charge in [-0.25, -0.2) is 0 Å². The standard InChI is InChI=1S/C15H23NO2/c1-2-18-15(17)12-14(10-6-7-11-16)13-8-4-3-5-9-13/h3-5,8-9,14H,2,6-7,10-12,16H2,1H3. The van der Waals surface area contributed by atoms with Crippen LogP contribution < -0.4 is 5.73 Å². The van der Waals surface area contributed by atoms with Crippen LogP contribution in [0.4, 0.5) is 0 Å². The van der Waals surface area contributed by atoms with E-state index in [2.05, 4.69) is 12.1 Å². The van der Waals surface area contributed by atoms with E-state index in [1.165, 1.54) is 5.56 Å². The molecule has 0 aromatic heterocycles. The highest BCUT2D eigenvalue weighted by atomic mass is 16.5. The summed E-state index contributed by atoms with van der Waals surface area (Å²) in [5.41, 5.74) is 6.72. The molecule has 0 fully saturated rings. The van der Waals surface area contributed by atoms with Crippen LogP contribution in [0.15, 0.2) is 30.3 Å². The highest BCUT2D eigenvalue weighted by Gasteiger charge is 2.16. The van der Waals surface area contributed by atoms with Crippen molar-refractivity contribution in [1.29, 1.82) is 0 Å². The van der Waals surface area contributed by atoms with Gasteiger partial charge in [-0.1, -0.05) is 36.8 Å². The predicted octanol–water partition coefficient (Wildman–Crippen LogP) is 2.85. The lowest BCUT2D eigenvalue weighted by atomic mass is 9.90. The number of benzene rings is 1. The van der Waals surface area contributed by atoms with Gasteiger partial charge in [0.05, 0.1) is 13.0 Å². The fourth-order valence-electron chi connectivity index (χ4n) is 2.07. The Hall–Kier alpha value is -1.35. The lowest BCUT2D eigenvalue weighted by Crippen LogP contribution is -2.11. The molecule has 0 saturated carbocycles. The van der Waals surface area contributed by atoms with E-state index in [0.29, 0.717) is 19.6 Å². The molecule has 0 bridgehead atoms. The number of carbonyl (C=O) groups excluding carboxylic acids is 1. The van der Waals surface area contributed by atoms with Gasteiger partial charge in [0.1, 0.15) is 0 Å². The Balaban J connectivity index is 2.60. The third kappa shape index (κ3) is 5.32. The van der Waals surface area contributed by atoms with Crippen LogP contribution in [0.2, 0.25) is 0 Å². The second-order valence-corrected chi connectivity index (χ2v) is 4.40. The summed E-state index contributed by atoms with van der Waals surface area (Å²) < 4.78 is 5.04. The molecule has 0 heterocycles. The van der Waals surface area contributed by atoms with E-state index in [1.54, 1.807) is 0 Å². The molecule has 1 atom stereocenters. The summed E-state index contributed by atoms with van der Waals surface area (Å²) in [5, 5.41) is 0. The van der Waals surface area contributed by atoms with Gasteiger partial charge in [-0.2, -0.15) is 0 Å². The van der Waals surface area contributed by atoms with Crippen molar-refractivity contribution in [2.24, 2.45) is 5.73 Å². The molecule has 100 valence electrons. The fourth-order valence-corrected chi connectivity index (χ4v) is 2.07. The normalized spacial score (nSPS) is 12.1. The predicted molar refractivity (Wildman–Crippen MR) is 73.3 cm³/mol. The Morgan fingerprint density at radius 3 is 2.61 bits per heavy atom. The topological polar surface area (TPSA) is 52.3 Å². The minimum absolute atomic E-state index is 0.112. The van der Waals surface area contributed by atoms with Crippen LogP contribution in [-0.4, -0.2) is 19.1 Å². The first-order chi connectivity index (χ1) is 8.77. The minimum atomic E-state index is -0.112. The Kier molecular flexibility index (Phi) is 7.11. The third-order valence-electron chi connectivity index (χ3n) is 3.00. The number of hydrogen-bond donors (Lipinski definition) is 1. The molecule has 1 aromatic rings. The van der Waals surface area contributed by atoms with Gasteiger partial charge in [0, 0.05) is 0 Å². The lowest BCUT2D eigenvalue weighted by Gasteiger charge is -2.16. The maximum atomic E-state index is 11.6. The van der Waals surface area contributed by atoms with Crippen molar-refractivity contribution in [2.45, 2.75) is 38.5 Å². The SMILES string of the molecule is CCOC(=O)CC(CCCCN)c1ccccc1. The van der Waals surface area contributed by atoms with Crippen LogP contribution in [0.1, 0.15) is 44.1 Å². The maximum absolute atomic E-state index is 11.6. The summed E-state index contributed by atoms with van der Waals surface area (Å²) in [6.45, 7) is 2.99. The van der Waals surface area contributed by atoms with E-state index in [0.717, 1.165) is 19.3 Å². The van der Waals surface area contributed by atoms with E-state index in [9.17, 15) is 4.79 Å². The largest absolute Gasteiger partial charge is 0.466 e. The van der Waals surface area contributed by atoms with Crippen molar-refractivity contribution in [3.05, 3.63) is 35.9 Å². The molecule has 1 aromatic carbocycles. The number of hydrogen-bond acceptors (Lipinski definition) is 3. The van der Waals surface area contributed by atoms with Crippen molar-refractivity contribution in [3.8, 4) is 0 Å². The molecule has 0 radical (unpaired) electrons. The minimum Gasteiger partial charge on any atom is -0.466 e. The molecule has 2 N–H and O–H groups in total. The number of nitrogens with two attached hydrogens (primary N) is 1. The number of esters is 1. The van der Waals surface area contributed by atoms with E-state index < -0.39 is 0 Å². The second-order valence-electron chi connectivity index (χ2n) is 4.40. The number of rotatable bonds is 8. The first kappa shape index (κ1) is 14.7. The van der Waals surface area contributed by atoms with E-state index >= 15 is 0 Å². The summed E-state index contributed by atoms with van der Waals surface area (Å²) in [6.07, 6.45) is 3.50. The van der Waals surface area contributed by atoms with Gasteiger partial charge >= 0.3 is 5.97 Å². The van der Waals surface area contributed by atoms with Crippen LogP contribution >= 0.6 is 0 Å². The fraction of sp³-hybridized carbons (Fsp3) is 0.533. The first-order valence-electron chi connectivity index (χ1n) is 6.68. The van der Waals surface area contributed by atoms with Crippen molar-refractivity contribution in [1.82, 2.24) is 0 Å². The van der Waals surface area contributed by atoms with E-state index in [4.69, 9.17) is 10.5 Å². The Bertz CT molecular complexity index is 338. The van der Waals surface area contributed by atoms with Crippen LogP contribution in [-0.2, 0) is 9.53 Å². The van der Waals surface area contributed by atoms with Crippen LogP contribution in [0.5, 0.6) is 0 Å². The zero-order valence-electron chi connectivity index (χ0n) is 11.1. The molecule has 0 spiro atoms. The molecular formula is C15H23NO2. The smallest absolute Gasteiger partial charge is 0.306 e. The van der Waals surface area contributed by atoms with Crippen LogP contribution in [0.25, 0.3) is 0 Å². The quantitative estimate of drug-likeness (QED) is 0.569. The molecular weight excluding hydrogens is 226 g/mol. The Morgan fingerprint density at radius 1 is 1.28 bits per heavy atom. The summed E-state index contributed by atoms with van der Waals surface area (Å²) >= 11 is 0. The highest BCUT2D eigenvalue weighted by Crippen LogP contribution is 2.25. The van der Waals surface area contributed by atoms with Crippen LogP contribution in [0, 0.1) is 0 Å². The molecule has 0 aliphatic carbocycles. The Labute approximate surface area is 109 Å². The maximum Gasteiger partial charge on any atom is 0.306 e. The van der Waals surface area contributed by atoms with E-state index in [-0.39, 0.29) is 11.9 Å². The molecule has 0 amide bonds. The van der Waals surface area contributed by atoms with Gasteiger partial charge in [0.25, 0.3) is 0 Å². The molecule has 0 saturated heterocycles. The van der Waals surface area contributed by atoms with Crippen molar-refractivity contribution < 1.29 is 9.53 Å². The first-order valence-corrected chi connectivity index (χ1v) is 6.68. The third-order valence-corrected chi connectivity index (χ3v) is 3.00. The van der Waals surface area contributed by atoms with Gasteiger partial charge in [-0.05, 0) is 37.8 Å². The molecule has 3 heteroatoms. The molecule has 0 aliphatic rings. The van der Waals surface area contributed by atoms with E-state index in [1.807, 2.05) is 25.1 Å². The molecule has 1 rings (SSSR count). The number of carbonyl (C=O) groups is 1. The van der Waals surface area contributed by atoms with Gasteiger partial charge in [0.15, 0.2) is 0 Å². The molecule has 1 unspecified atom stereocenters. The summed E-state index contributed by atoms with van der Waals surface area (Å²) in [6, 6.07) is 10.2. The van der Waals surface area contributed by atoms with Crippen molar-refractivity contribution in [2.75, 3.05) is 13.2 Å². The zero-order chi connectivity index (χ0) is 13.2. The highest BCUT2D eigenvalue weighted by molar-refractivity contribution is 5.70. The molecule has 18 heavy (non-hydrogen) atoms. The van der Waals surface area contributed by atoms with Gasteiger partial charge < -0.3 is 10.5 Å². The molecule has 0 aliphatic heterocycles. The zero-order valence-corrected chi connectivity index (χ0v) is 11.1. The Morgan fingerprint density at radius 2 is 2.00 bits per heavy atom. The van der Waals surface area contributed by atoms with Crippen LogP contribution in [0.3, 0.4) is 0 Å². The van der Waals surface area contributed by atoms with Gasteiger partial charge in [-0.15, -0.1) is 0 Å².